The van der Waals surface area contributed by atoms with Crippen LogP contribution in [-0.4, -0.2) is 6.54 Å². The first-order valence-corrected chi connectivity index (χ1v) is 5.71. The molecule has 14 heavy (non-hydrogen) atoms. The van der Waals surface area contributed by atoms with Gasteiger partial charge in [0.2, 0.25) is 0 Å². The number of hydrogen-bond donors (Lipinski definition) is 1. The summed E-state index contributed by atoms with van der Waals surface area (Å²) in [6, 6.07) is 6.76. The van der Waals surface area contributed by atoms with E-state index in [1.165, 1.54) is 24.0 Å². The van der Waals surface area contributed by atoms with Crippen LogP contribution in [0.1, 0.15) is 36.9 Å². The van der Waals surface area contributed by atoms with E-state index >= 15 is 0 Å². The van der Waals surface area contributed by atoms with E-state index in [4.69, 9.17) is 11.6 Å². The van der Waals surface area contributed by atoms with Crippen molar-refractivity contribution in [3.8, 4) is 0 Å². The summed E-state index contributed by atoms with van der Waals surface area (Å²) in [7, 11) is 0. The number of fused-ring (bicyclic) bond motifs is 1. The van der Waals surface area contributed by atoms with E-state index in [0.717, 1.165) is 18.0 Å². The van der Waals surface area contributed by atoms with Gasteiger partial charge in [-0.15, -0.1) is 0 Å². The number of benzene rings is 1. The van der Waals surface area contributed by atoms with Crippen LogP contribution in [0.5, 0.6) is 0 Å². The molecule has 0 bridgehead atoms. The molecule has 0 aromatic heterocycles. The van der Waals surface area contributed by atoms with Gasteiger partial charge in [0.15, 0.2) is 0 Å². The van der Waals surface area contributed by atoms with Gasteiger partial charge in [-0.2, -0.15) is 0 Å². The van der Waals surface area contributed by atoms with Crippen LogP contribution in [-0.2, 0) is 6.42 Å². The number of nitrogens with one attached hydrogen (secondary N) is 1. The lowest BCUT2D eigenvalue weighted by Gasteiger charge is -2.13. The van der Waals surface area contributed by atoms with Crippen LogP contribution in [0.4, 0.5) is 0 Å². The van der Waals surface area contributed by atoms with Crippen LogP contribution in [0.15, 0.2) is 18.2 Å². The Morgan fingerprint density at radius 1 is 1.50 bits per heavy atom. The van der Waals surface area contributed by atoms with Gasteiger partial charge in [-0.25, -0.2) is 0 Å². The summed E-state index contributed by atoms with van der Waals surface area (Å²) in [5, 5.41) is 4.49. The molecule has 0 radical (unpaired) electrons. The molecule has 0 heterocycles. The Morgan fingerprint density at radius 3 is 3.14 bits per heavy atom. The van der Waals surface area contributed by atoms with Crippen molar-refractivity contribution < 1.29 is 0 Å². The first-order valence-electron chi connectivity index (χ1n) is 5.33. The Hall–Kier alpha value is -0.530. The van der Waals surface area contributed by atoms with Gasteiger partial charge in [-0.05, 0) is 43.0 Å². The van der Waals surface area contributed by atoms with Crippen molar-refractivity contribution in [2.24, 2.45) is 0 Å². The third kappa shape index (κ3) is 1.79. The molecule has 1 aliphatic rings. The summed E-state index contributed by atoms with van der Waals surface area (Å²) < 4.78 is 0. The molecule has 0 saturated carbocycles. The van der Waals surface area contributed by atoms with E-state index in [9.17, 15) is 0 Å². The molecule has 1 N–H and O–H groups in total. The molecule has 1 aromatic carbocycles. The standard InChI is InChI=1S/C12H16ClN/c1-2-8-14-12-7-6-9-10(12)4-3-5-11(9)13/h3-5,12,14H,2,6-8H2,1H3. The van der Waals surface area contributed by atoms with Crippen molar-refractivity contribution >= 4 is 11.6 Å². The fourth-order valence-electron chi connectivity index (χ4n) is 2.14. The quantitative estimate of drug-likeness (QED) is 0.806. The molecule has 0 aliphatic heterocycles. The first kappa shape index (κ1) is 10.0. The van der Waals surface area contributed by atoms with Gasteiger partial charge < -0.3 is 5.32 Å². The highest BCUT2D eigenvalue weighted by atomic mass is 35.5. The largest absolute Gasteiger partial charge is 0.310 e. The van der Waals surface area contributed by atoms with Crippen LogP contribution >= 0.6 is 11.6 Å². The predicted molar refractivity (Wildman–Crippen MR) is 60.8 cm³/mol. The summed E-state index contributed by atoms with van der Waals surface area (Å²) in [5.41, 5.74) is 2.76. The molecule has 1 atom stereocenters. The highest BCUT2D eigenvalue weighted by Crippen LogP contribution is 2.35. The fourth-order valence-corrected chi connectivity index (χ4v) is 2.42. The van der Waals surface area contributed by atoms with Gasteiger partial charge in [0, 0.05) is 11.1 Å². The van der Waals surface area contributed by atoms with Gasteiger partial charge in [0.05, 0.1) is 0 Å². The fraction of sp³-hybridized carbons (Fsp3) is 0.500. The second-order valence-electron chi connectivity index (χ2n) is 3.85. The zero-order chi connectivity index (χ0) is 9.97. The number of halogens is 1. The summed E-state index contributed by atoms with van der Waals surface area (Å²) >= 11 is 6.14. The maximum Gasteiger partial charge on any atom is 0.0441 e. The lowest BCUT2D eigenvalue weighted by Crippen LogP contribution is -2.19. The minimum absolute atomic E-state index is 0.531. The van der Waals surface area contributed by atoms with E-state index in [0.29, 0.717) is 6.04 Å². The van der Waals surface area contributed by atoms with Crippen LogP contribution in [0, 0.1) is 0 Å². The predicted octanol–water partition coefficient (Wildman–Crippen LogP) is 3.33. The Kier molecular flexibility index (Phi) is 3.09. The van der Waals surface area contributed by atoms with Crippen molar-refractivity contribution in [1.29, 1.82) is 0 Å². The normalized spacial score (nSPS) is 19.7. The molecular weight excluding hydrogens is 194 g/mol. The molecule has 1 nitrogen and oxygen atoms in total. The van der Waals surface area contributed by atoms with Crippen LogP contribution in [0.25, 0.3) is 0 Å². The van der Waals surface area contributed by atoms with Crippen molar-refractivity contribution in [3.05, 3.63) is 34.3 Å². The number of hydrogen-bond acceptors (Lipinski definition) is 1. The van der Waals surface area contributed by atoms with E-state index < -0.39 is 0 Å². The Balaban J connectivity index is 2.18. The lowest BCUT2D eigenvalue weighted by molar-refractivity contribution is 0.529. The Labute approximate surface area is 90.5 Å². The van der Waals surface area contributed by atoms with Crippen molar-refractivity contribution in [3.63, 3.8) is 0 Å². The second kappa shape index (κ2) is 4.33. The molecule has 0 saturated heterocycles. The van der Waals surface area contributed by atoms with E-state index in [1.807, 2.05) is 12.1 Å². The zero-order valence-corrected chi connectivity index (χ0v) is 9.27. The molecule has 76 valence electrons. The summed E-state index contributed by atoms with van der Waals surface area (Å²) in [5.74, 6) is 0. The number of rotatable bonds is 3. The van der Waals surface area contributed by atoms with Crippen molar-refractivity contribution in [1.82, 2.24) is 5.32 Å². The van der Waals surface area contributed by atoms with Crippen molar-refractivity contribution in [2.75, 3.05) is 6.54 Å². The molecule has 1 aromatic rings. The third-order valence-electron chi connectivity index (χ3n) is 2.85. The lowest BCUT2D eigenvalue weighted by atomic mass is 10.1. The highest BCUT2D eigenvalue weighted by Gasteiger charge is 2.22. The summed E-state index contributed by atoms with van der Waals surface area (Å²) in [4.78, 5) is 0. The Bertz CT molecular complexity index is 322. The molecule has 2 rings (SSSR count). The van der Waals surface area contributed by atoms with E-state index in [1.54, 1.807) is 0 Å². The zero-order valence-electron chi connectivity index (χ0n) is 8.52. The monoisotopic (exact) mass is 209 g/mol. The van der Waals surface area contributed by atoms with E-state index in [2.05, 4.69) is 18.3 Å². The average Bonchev–Trinajstić information content (AvgIpc) is 2.60. The minimum Gasteiger partial charge on any atom is -0.310 e. The van der Waals surface area contributed by atoms with Gasteiger partial charge in [0.25, 0.3) is 0 Å². The first-order chi connectivity index (χ1) is 6.83. The molecule has 0 fully saturated rings. The molecule has 1 unspecified atom stereocenters. The average molecular weight is 210 g/mol. The van der Waals surface area contributed by atoms with Gasteiger partial charge in [-0.3, -0.25) is 0 Å². The van der Waals surface area contributed by atoms with Gasteiger partial charge >= 0.3 is 0 Å². The molecule has 0 spiro atoms. The summed E-state index contributed by atoms with van der Waals surface area (Å²) in [6.07, 6.45) is 3.50. The SMILES string of the molecule is CCCNC1CCc2c(Cl)cccc21. The molecule has 2 heteroatoms. The van der Waals surface area contributed by atoms with Crippen LogP contribution < -0.4 is 5.32 Å². The van der Waals surface area contributed by atoms with E-state index in [-0.39, 0.29) is 0 Å². The topological polar surface area (TPSA) is 12.0 Å². The highest BCUT2D eigenvalue weighted by molar-refractivity contribution is 6.31. The molecule has 0 amide bonds. The smallest absolute Gasteiger partial charge is 0.0441 e. The second-order valence-corrected chi connectivity index (χ2v) is 4.26. The minimum atomic E-state index is 0.531. The molecular formula is C12H16ClN. The third-order valence-corrected chi connectivity index (χ3v) is 3.21. The van der Waals surface area contributed by atoms with Crippen LogP contribution in [0.3, 0.4) is 0 Å². The van der Waals surface area contributed by atoms with Gasteiger partial charge in [0.1, 0.15) is 0 Å². The van der Waals surface area contributed by atoms with Crippen LogP contribution in [0.2, 0.25) is 5.02 Å². The molecule has 1 aliphatic carbocycles. The maximum absolute atomic E-state index is 6.14. The summed E-state index contributed by atoms with van der Waals surface area (Å²) in [6.45, 7) is 3.29. The van der Waals surface area contributed by atoms with Gasteiger partial charge in [-0.1, -0.05) is 30.7 Å². The van der Waals surface area contributed by atoms with Crippen molar-refractivity contribution in [2.45, 2.75) is 32.2 Å². The Morgan fingerprint density at radius 2 is 2.36 bits per heavy atom. The maximum atomic E-state index is 6.14.